The van der Waals surface area contributed by atoms with Crippen LogP contribution in [-0.2, 0) is 9.53 Å². The summed E-state index contributed by atoms with van der Waals surface area (Å²) in [5.41, 5.74) is 10.2. The summed E-state index contributed by atoms with van der Waals surface area (Å²) in [6, 6.07) is 6.91. The van der Waals surface area contributed by atoms with E-state index in [1.165, 1.54) is 0 Å². The summed E-state index contributed by atoms with van der Waals surface area (Å²) in [4.78, 5) is 14.3. The molecule has 1 aromatic rings. The largest absolute Gasteiger partial charge is 0.464 e. The number of esters is 1. The van der Waals surface area contributed by atoms with Crippen molar-refractivity contribution in [1.82, 2.24) is 0 Å². The minimum Gasteiger partial charge on any atom is -0.464 e. The zero-order chi connectivity index (χ0) is 13.4. The lowest BCUT2D eigenvalue weighted by Crippen LogP contribution is -2.34. The number of carbonyl (C=O) groups excluding carboxylic acids is 1. The maximum atomic E-state index is 11.7. The number of carbonyl (C=O) groups is 1. The van der Waals surface area contributed by atoms with Crippen LogP contribution in [0.15, 0.2) is 29.4 Å². The number of nitrogens with one attached hydrogen (secondary N) is 1. The molecule has 0 bridgehead atoms. The highest BCUT2D eigenvalue weighted by Gasteiger charge is 2.18. The molecule has 0 saturated carbocycles. The van der Waals surface area contributed by atoms with Gasteiger partial charge in [0.2, 0.25) is 0 Å². The van der Waals surface area contributed by atoms with Crippen molar-refractivity contribution in [2.45, 2.75) is 19.9 Å². The number of ether oxygens (including phenoxy) is 1. The van der Waals surface area contributed by atoms with Gasteiger partial charge in [-0.3, -0.25) is 0 Å². The van der Waals surface area contributed by atoms with Gasteiger partial charge in [-0.05, 0) is 31.5 Å². The Labute approximate surface area is 106 Å². The van der Waals surface area contributed by atoms with Crippen molar-refractivity contribution in [3.63, 3.8) is 0 Å². The molecule has 6 nitrogen and oxygen atoms in total. The van der Waals surface area contributed by atoms with Crippen molar-refractivity contribution in [2.24, 2.45) is 5.11 Å². The van der Waals surface area contributed by atoms with E-state index in [-0.39, 0.29) is 6.54 Å². The van der Waals surface area contributed by atoms with Gasteiger partial charge in [0.05, 0.1) is 13.2 Å². The van der Waals surface area contributed by atoms with Gasteiger partial charge in [0.15, 0.2) is 0 Å². The quantitative estimate of drug-likeness (QED) is 0.363. The van der Waals surface area contributed by atoms with Crippen LogP contribution in [0.1, 0.15) is 12.5 Å². The lowest BCUT2D eigenvalue weighted by molar-refractivity contribution is -0.143. The predicted octanol–water partition coefficient (Wildman–Crippen LogP) is 2.65. The Hall–Kier alpha value is -2.20. The van der Waals surface area contributed by atoms with Gasteiger partial charge in [-0.15, -0.1) is 0 Å². The average molecular weight is 248 g/mol. The Kier molecular flexibility index (Phi) is 5.54. The molecule has 1 unspecified atom stereocenters. The number of rotatable bonds is 6. The number of anilines is 1. The summed E-state index contributed by atoms with van der Waals surface area (Å²) in [7, 11) is 0. The molecule has 18 heavy (non-hydrogen) atoms. The first-order valence-electron chi connectivity index (χ1n) is 5.68. The van der Waals surface area contributed by atoms with E-state index in [9.17, 15) is 4.79 Å². The number of azide groups is 1. The molecule has 0 aliphatic rings. The van der Waals surface area contributed by atoms with Crippen molar-refractivity contribution in [2.75, 3.05) is 18.5 Å². The fourth-order valence-electron chi connectivity index (χ4n) is 1.39. The summed E-state index contributed by atoms with van der Waals surface area (Å²) >= 11 is 0. The van der Waals surface area contributed by atoms with Crippen molar-refractivity contribution in [3.8, 4) is 0 Å². The van der Waals surface area contributed by atoms with Gasteiger partial charge >= 0.3 is 5.97 Å². The third-order valence-corrected chi connectivity index (χ3v) is 2.29. The Morgan fingerprint density at radius 1 is 1.50 bits per heavy atom. The van der Waals surface area contributed by atoms with Crippen LogP contribution < -0.4 is 5.32 Å². The second-order valence-electron chi connectivity index (χ2n) is 3.73. The van der Waals surface area contributed by atoms with E-state index >= 15 is 0 Å². The van der Waals surface area contributed by atoms with Crippen molar-refractivity contribution in [1.29, 1.82) is 0 Å². The minimum atomic E-state index is -0.663. The second-order valence-corrected chi connectivity index (χ2v) is 3.73. The molecule has 96 valence electrons. The smallest absolute Gasteiger partial charge is 0.328 e. The van der Waals surface area contributed by atoms with Gasteiger partial charge in [-0.1, -0.05) is 22.8 Å². The first kappa shape index (κ1) is 13.9. The van der Waals surface area contributed by atoms with Crippen LogP contribution in [-0.4, -0.2) is 25.2 Å². The molecule has 0 aliphatic heterocycles. The maximum absolute atomic E-state index is 11.7. The number of nitrogens with zero attached hydrogens (tertiary/aromatic N) is 3. The van der Waals surface area contributed by atoms with E-state index in [2.05, 4.69) is 15.3 Å². The zero-order valence-electron chi connectivity index (χ0n) is 10.5. The van der Waals surface area contributed by atoms with Crippen LogP contribution in [0.25, 0.3) is 10.4 Å². The van der Waals surface area contributed by atoms with Crippen LogP contribution in [0, 0.1) is 6.92 Å². The van der Waals surface area contributed by atoms with Crippen molar-refractivity contribution < 1.29 is 9.53 Å². The zero-order valence-corrected chi connectivity index (χ0v) is 10.5. The fraction of sp³-hybridized carbons (Fsp3) is 0.417. The van der Waals surface area contributed by atoms with Gasteiger partial charge in [-0.2, -0.15) is 0 Å². The van der Waals surface area contributed by atoms with Crippen molar-refractivity contribution in [3.05, 3.63) is 40.3 Å². The normalized spacial score (nSPS) is 11.2. The first-order chi connectivity index (χ1) is 8.67. The van der Waals surface area contributed by atoms with Crippen LogP contribution in [0.5, 0.6) is 0 Å². The van der Waals surface area contributed by atoms with Crippen LogP contribution in [0.3, 0.4) is 0 Å². The Bertz CT molecular complexity index is 438. The lowest BCUT2D eigenvalue weighted by atomic mass is 10.2. The average Bonchev–Trinajstić information content (AvgIpc) is 2.37. The number of aryl methyl sites for hydroxylation is 1. The van der Waals surface area contributed by atoms with Crippen LogP contribution >= 0.6 is 0 Å². The highest BCUT2D eigenvalue weighted by atomic mass is 16.5. The minimum absolute atomic E-state index is 0.0171. The summed E-state index contributed by atoms with van der Waals surface area (Å²) in [6.45, 7) is 4.02. The molecule has 0 saturated heterocycles. The van der Waals surface area contributed by atoms with E-state index in [0.717, 1.165) is 11.3 Å². The van der Waals surface area contributed by atoms with Gasteiger partial charge in [0, 0.05) is 10.6 Å². The van der Waals surface area contributed by atoms with Gasteiger partial charge < -0.3 is 10.1 Å². The SMILES string of the molecule is CCOC(=O)C(CN=[N+]=[N-])Nc1ccc(C)cc1. The molecule has 1 N–H and O–H groups in total. The van der Waals surface area contributed by atoms with E-state index in [0.29, 0.717) is 6.61 Å². The number of hydrogen-bond donors (Lipinski definition) is 1. The molecule has 6 heteroatoms. The summed E-state index contributed by atoms with van der Waals surface area (Å²) in [5, 5.41) is 6.39. The van der Waals surface area contributed by atoms with E-state index in [1.54, 1.807) is 6.92 Å². The van der Waals surface area contributed by atoms with Gasteiger partial charge in [0.25, 0.3) is 0 Å². The molecular formula is C12H16N4O2. The molecule has 0 fully saturated rings. The van der Waals surface area contributed by atoms with E-state index in [1.807, 2.05) is 31.2 Å². The molecule has 0 aromatic heterocycles. The highest BCUT2D eigenvalue weighted by molar-refractivity contribution is 5.79. The van der Waals surface area contributed by atoms with Gasteiger partial charge in [-0.25, -0.2) is 4.79 Å². The molecule has 0 aliphatic carbocycles. The Morgan fingerprint density at radius 3 is 2.72 bits per heavy atom. The lowest BCUT2D eigenvalue weighted by Gasteiger charge is -2.16. The van der Waals surface area contributed by atoms with Gasteiger partial charge in [0.1, 0.15) is 6.04 Å². The standard InChI is InChI=1S/C12H16N4O2/c1-3-18-12(17)11(8-14-16-13)15-10-6-4-9(2)5-7-10/h4-7,11,15H,3,8H2,1-2H3. The maximum Gasteiger partial charge on any atom is 0.328 e. The molecule has 1 atom stereocenters. The fourth-order valence-corrected chi connectivity index (χ4v) is 1.39. The third-order valence-electron chi connectivity index (χ3n) is 2.29. The molecule has 1 rings (SSSR count). The number of benzene rings is 1. The first-order valence-corrected chi connectivity index (χ1v) is 5.68. The third kappa shape index (κ3) is 4.35. The Morgan fingerprint density at radius 2 is 2.17 bits per heavy atom. The molecule has 0 amide bonds. The van der Waals surface area contributed by atoms with E-state index < -0.39 is 12.0 Å². The highest BCUT2D eigenvalue weighted by Crippen LogP contribution is 2.11. The number of hydrogen-bond acceptors (Lipinski definition) is 4. The topological polar surface area (TPSA) is 87.1 Å². The summed E-state index contributed by atoms with van der Waals surface area (Å²) in [6.07, 6.45) is 0. The molecule has 0 heterocycles. The second kappa shape index (κ2) is 7.19. The van der Waals surface area contributed by atoms with E-state index in [4.69, 9.17) is 10.3 Å². The predicted molar refractivity (Wildman–Crippen MR) is 69.2 cm³/mol. The monoisotopic (exact) mass is 248 g/mol. The summed E-state index contributed by atoms with van der Waals surface area (Å²) in [5.74, 6) is -0.425. The molecule has 0 radical (unpaired) electrons. The molecule has 0 spiro atoms. The van der Waals surface area contributed by atoms with Crippen molar-refractivity contribution >= 4 is 11.7 Å². The van der Waals surface area contributed by atoms with Crippen LogP contribution in [0.4, 0.5) is 5.69 Å². The molecular weight excluding hydrogens is 232 g/mol. The Balaban J connectivity index is 2.73. The molecule has 1 aromatic carbocycles. The van der Waals surface area contributed by atoms with Crippen LogP contribution in [0.2, 0.25) is 0 Å². The summed E-state index contributed by atoms with van der Waals surface area (Å²) < 4.78 is 4.91.